The molecule has 2 rings (SSSR count). The molecule has 0 aliphatic carbocycles. The maximum Gasteiger partial charge on any atom is 0.263 e. The topological polar surface area (TPSA) is 103 Å². The van der Waals surface area contributed by atoms with Crippen LogP contribution in [0.2, 0.25) is 0 Å². The number of ether oxygens (including phenoxy) is 2. The van der Waals surface area contributed by atoms with Gasteiger partial charge in [-0.05, 0) is 13.0 Å². The summed E-state index contributed by atoms with van der Waals surface area (Å²) < 4.78 is 12.3. The first kappa shape index (κ1) is 23.9. The van der Waals surface area contributed by atoms with Crippen molar-refractivity contribution in [3.8, 4) is 11.5 Å². The first-order valence-electron chi connectivity index (χ1n) is 8.14. The molecule has 0 aliphatic rings. The molecule has 9 nitrogen and oxygen atoms in total. The number of nitrogen functional groups attached to an aromatic ring is 1. The molecule has 1 aromatic heterocycles. The van der Waals surface area contributed by atoms with Gasteiger partial charge in [-0.15, -0.1) is 45.8 Å². The highest BCUT2D eigenvalue weighted by molar-refractivity contribution is 6.18. The van der Waals surface area contributed by atoms with Crippen molar-refractivity contribution in [2.75, 3.05) is 55.2 Å². The van der Waals surface area contributed by atoms with Crippen LogP contribution in [0.15, 0.2) is 17.2 Å². The van der Waals surface area contributed by atoms with Crippen LogP contribution in [0.5, 0.6) is 11.5 Å². The zero-order chi connectivity index (χ0) is 19.8. The Morgan fingerprint density at radius 1 is 1.18 bits per heavy atom. The average molecular weight is 453 g/mol. The second-order valence-corrected chi connectivity index (χ2v) is 6.20. The fraction of sp³-hybridized carbons (Fsp3) is 0.438. The third kappa shape index (κ3) is 5.70. The number of alkyl halides is 2. The van der Waals surface area contributed by atoms with E-state index in [0.717, 1.165) is 5.69 Å². The molecular formula is C16H24Cl3N7O2. The average Bonchev–Trinajstić information content (AvgIpc) is 2.99. The standard InChI is InChI=1S/C16H23Cl2N7O2.ClH/c1-11-21-23-16(25(11)19)22-20-10-12-8-15(27-3)13(9-14(12)26-2)24(6-4-17)7-5-18;/h8-10H,4-7,19H2,1-3H3,(H,22,23);1H/b20-10+;. The minimum Gasteiger partial charge on any atom is -0.496 e. The van der Waals surface area contributed by atoms with Gasteiger partial charge in [-0.1, -0.05) is 0 Å². The lowest BCUT2D eigenvalue weighted by Crippen LogP contribution is -2.28. The van der Waals surface area contributed by atoms with Crippen molar-refractivity contribution in [1.29, 1.82) is 0 Å². The summed E-state index contributed by atoms with van der Waals surface area (Å²) in [4.78, 5) is 2.04. The molecule has 0 spiro atoms. The summed E-state index contributed by atoms with van der Waals surface area (Å²) in [7, 11) is 3.19. The number of aryl methyl sites for hydroxylation is 1. The van der Waals surface area contributed by atoms with Gasteiger partial charge in [-0.3, -0.25) is 0 Å². The highest BCUT2D eigenvalue weighted by Crippen LogP contribution is 2.35. The summed E-state index contributed by atoms with van der Waals surface area (Å²) >= 11 is 11.8. The predicted molar refractivity (Wildman–Crippen MR) is 117 cm³/mol. The van der Waals surface area contributed by atoms with Gasteiger partial charge < -0.3 is 20.2 Å². The molecule has 0 fully saturated rings. The molecule has 1 aromatic carbocycles. The fourth-order valence-corrected chi connectivity index (χ4v) is 2.82. The number of nitrogens with two attached hydrogens (primary N) is 1. The van der Waals surface area contributed by atoms with Crippen molar-refractivity contribution in [2.45, 2.75) is 6.92 Å². The summed E-state index contributed by atoms with van der Waals surface area (Å²) in [5, 5.41) is 11.9. The number of hydrazone groups is 1. The molecule has 28 heavy (non-hydrogen) atoms. The number of methoxy groups -OCH3 is 2. The van der Waals surface area contributed by atoms with Gasteiger partial charge >= 0.3 is 0 Å². The molecule has 0 unspecified atom stereocenters. The fourth-order valence-electron chi connectivity index (χ4n) is 2.42. The van der Waals surface area contributed by atoms with Crippen molar-refractivity contribution in [2.24, 2.45) is 5.10 Å². The molecule has 1 heterocycles. The van der Waals surface area contributed by atoms with Gasteiger partial charge in [0.1, 0.15) is 11.5 Å². The Labute approximate surface area is 180 Å². The number of nitrogens with zero attached hydrogens (tertiary/aromatic N) is 5. The van der Waals surface area contributed by atoms with Crippen LogP contribution in [0.4, 0.5) is 11.6 Å². The van der Waals surface area contributed by atoms with Gasteiger partial charge in [0.2, 0.25) is 0 Å². The van der Waals surface area contributed by atoms with Crippen molar-refractivity contribution in [3.05, 3.63) is 23.5 Å². The Hall–Kier alpha value is -2.10. The van der Waals surface area contributed by atoms with Gasteiger partial charge in [0.15, 0.2) is 5.82 Å². The zero-order valence-corrected chi connectivity index (χ0v) is 18.2. The predicted octanol–water partition coefficient (Wildman–Crippen LogP) is 2.47. The normalized spacial score (nSPS) is 10.6. The van der Waals surface area contributed by atoms with E-state index in [4.69, 9.17) is 38.5 Å². The van der Waals surface area contributed by atoms with Crippen LogP contribution < -0.4 is 25.6 Å². The number of hydrogen-bond donors (Lipinski definition) is 2. The van der Waals surface area contributed by atoms with E-state index in [9.17, 15) is 0 Å². The van der Waals surface area contributed by atoms with Crippen LogP contribution in [-0.2, 0) is 0 Å². The number of nitrogens with one attached hydrogen (secondary N) is 1. The maximum absolute atomic E-state index is 5.91. The molecule has 0 saturated heterocycles. The van der Waals surface area contributed by atoms with E-state index < -0.39 is 0 Å². The molecule has 0 bridgehead atoms. The van der Waals surface area contributed by atoms with Gasteiger partial charge in [0.25, 0.3) is 5.95 Å². The maximum atomic E-state index is 5.91. The van der Waals surface area contributed by atoms with Gasteiger partial charge in [0, 0.05) is 36.5 Å². The monoisotopic (exact) mass is 451 g/mol. The molecule has 0 amide bonds. The minimum atomic E-state index is 0. The molecule has 3 N–H and O–H groups in total. The molecule has 0 atom stereocenters. The summed E-state index contributed by atoms with van der Waals surface area (Å²) in [5.74, 6) is 8.88. The van der Waals surface area contributed by atoms with E-state index >= 15 is 0 Å². The Balaban J connectivity index is 0.00000392. The number of halogens is 3. The number of aromatic nitrogens is 3. The highest BCUT2D eigenvalue weighted by Gasteiger charge is 2.16. The molecule has 2 aromatic rings. The van der Waals surface area contributed by atoms with Crippen LogP contribution in [0.1, 0.15) is 11.4 Å². The van der Waals surface area contributed by atoms with Crippen LogP contribution in [0.25, 0.3) is 0 Å². The summed E-state index contributed by atoms with van der Waals surface area (Å²) in [6, 6.07) is 3.70. The number of anilines is 2. The number of benzene rings is 1. The summed E-state index contributed by atoms with van der Waals surface area (Å²) in [6.45, 7) is 3.00. The molecule has 0 saturated carbocycles. The van der Waals surface area contributed by atoms with E-state index in [1.165, 1.54) is 4.68 Å². The first-order valence-corrected chi connectivity index (χ1v) is 9.21. The van der Waals surface area contributed by atoms with E-state index in [2.05, 4.69) is 20.7 Å². The van der Waals surface area contributed by atoms with Crippen LogP contribution >= 0.6 is 35.6 Å². The van der Waals surface area contributed by atoms with Crippen LogP contribution in [0, 0.1) is 6.92 Å². The van der Waals surface area contributed by atoms with E-state index in [0.29, 0.717) is 53.7 Å². The smallest absolute Gasteiger partial charge is 0.263 e. The van der Waals surface area contributed by atoms with Crippen LogP contribution in [-0.4, -0.2) is 60.2 Å². The Morgan fingerprint density at radius 2 is 1.82 bits per heavy atom. The van der Waals surface area contributed by atoms with Crippen molar-refractivity contribution in [3.63, 3.8) is 0 Å². The summed E-state index contributed by atoms with van der Waals surface area (Å²) in [6.07, 6.45) is 1.59. The lowest BCUT2D eigenvalue weighted by atomic mass is 10.1. The SMILES string of the molecule is COc1cc(N(CCCl)CCCl)c(OC)cc1/C=N/Nc1nnc(C)n1N.Cl. The second-order valence-electron chi connectivity index (χ2n) is 5.44. The number of hydrogen-bond acceptors (Lipinski definition) is 8. The third-order valence-electron chi connectivity index (χ3n) is 3.82. The van der Waals surface area contributed by atoms with Crippen molar-refractivity contribution in [1.82, 2.24) is 14.9 Å². The van der Waals surface area contributed by atoms with Gasteiger partial charge in [-0.2, -0.15) is 5.10 Å². The lowest BCUT2D eigenvalue weighted by molar-refractivity contribution is 0.402. The minimum absolute atomic E-state index is 0. The molecule has 12 heteroatoms. The Kier molecular flexibility index (Phi) is 9.98. The van der Waals surface area contributed by atoms with Crippen molar-refractivity contribution < 1.29 is 9.47 Å². The lowest BCUT2D eigenvalue weighted by Gasteiger charge is -2.26. The Bertz CT molecular complexity index is 780. The highest BCUT2D eigenvalue weighted by atomic mass is 35.5. The van der Waals surface area contributed by atoms with E-state index in [1.54, 1.807) is 27.4 Å². The summed E-state index contributed by atoms with van der Waals surface area (Å²) in [5.41, 5.74) is 4.30. The van der Waals surface area contributed by atoms with E-state index in [-0.39, 0.29) is 12.4 Å². The molecular weight excluding hydrogens is 429 g/mol. The van der Waals surface area contributed by atoms with E-state index in [1.807, 2.05) is 17.0 Å². The van der Waals surface area contributed by atoms with Crippen molar-refractivity contribution >= 4 is 53.5 Å². The Morgan fingerprint density at radius 3 is 2.32 bits per heavy atom. The molecule has 156 valence electrons. The first-order chi connectivity index (χ1) is 13.0. The molecule has 0 aliphatic heterocycles. The largest absolute Gasteiger partial charge is 0.496 e. The van der Waals surface area contributed by atoms with Crippen LogP contribution in [0.3, 0.4) is 0 Å². The third-order valence-corrected chi connectivity index (χ3v) is 4.15. The number of rotatable bonds is 10. The van der Waals surface area contributed by atoms with Gasteiger partial charge in [-0.25, -0.2) is 10.1 Å². The molecule has 0 radical (unpaired) electrons. The second kappa shape index (κ2) is 11.7. The zero-order valence-electron chi connectivity index (χ0n) is 15.9. The van der Waals surface area contributed by atoms with Gasteiger partial charge in [0.05, 0.1) is 26.1 Å². The quantitative estimate of drug-likeness (QED) is 0.247.